The fraction of sp³-hybridized carbons (Fsp3) is 0.533. The van der Waals surface area contributed by atoms with Crippen molar-refractivity contribution in [2.24, 2.45) is 0 Å². The molecule has 1 aromatic rings. The highest BCUT2D eigenvalue weighted by molar-refractivity contribution is 5.81. The molecule has 0 saturated carbocycles. The minimum Gasteiger partial charge on any atom is -0.497 e. The molecule has 0 radical (unpaired) electrons. The maximum absolute atomic E-state index is 11.8. The summed E-state index contributed by atoms with van der Waals surface area (Å²) < 4.78 is 10.0. The molecule has 5 heteroatoms. The van der Waals surface area contributed by atoms with Gasteiger partial charge in [0.25, 0.3) is 0 Å². The van der Waals surface area contributed by atoms with E-state index in [-0.39, 0.29) is 18.0 Å². The van der Waals surface area contributed by atoms with Crippen molar-refractivity contribution in [2.45, 2.75) is 25.9 Å². The molecule has 0 aromatic heterocycles. The second-order valence-corrected chi connectivity index (χ2v) is 4.67. The van der Waals surface area contributed by atoms with Gasteiger partial charge >= 0.3 is 0 Å². The predicted molar refractivity (Wildman–Crippen MR) is 78.9 cm³/mol. The van der Waals surface area contributed by atoms with E-state index in [1.807, 2.05) is 38.1 Å². The molecule has 2 atom stereocenters. The van der Waals surface area contributed by atoms with Gasteiger partial charge in [0.15, 0.2) is 0 Å². The molecule has 0 aliphatic rings. The van der Waals surface area contributed by atoms with E-state index in [4.69, 9.17) is 9.47 Å². The van der Waals surface area contributed by atoms with Crippen LogP contribution in [-0.2, 0) is 9.53 Å². The fourth-order valence-corrected chi connectivity index (χ4v) is 1.87. The zero-order chi connectivity index (χ0) is 15.0. The van der Waals surface area contributed by atoms with Gasteiger partial charge in [-0.2, -0.15) is 0 Å². The number of hydrogen-bond donors (Lipinski definition) is 2. The van der Waals surface area contributed by atoms with Crippen molar-refractivity contribution in [1.29, 1.82) is 0 Å². The Balaban J connectivity index is 2.47. The van der Waals surface area contributed by atoms with Crippen LogP contribution in [0.1, 0.15) is 25.5 Å². The summed E-state index contributed by atoms with van der Waals surface area (Å²) in [5.41, 5.74) is 1.11. The van der Waals surface area contributed by atoms with Gasteiger partial charge < -0.3 is 14.8 Å². The van der Waals surface area contributed by atoms with Crippen molar-refractivity contribution in [1.82, 2.24) is 10.6 Å². The molecule has 1 aromatic carbocycles. The molecule has 1 amide bonds. The molecule has 0 aliphatic carbocycles. The lowest BCUT2D eigenvalue weighted by Crippen LogP contribution is -2.44. The zero-order valence-corrected chi connectivity index (χ0v) is 12.6. The quantitative estimate of drug-likeness (QED) is 0.708. The molecular formula is C15H24N2O3. The Morgan fingerprint density at radius 1 is 1.20 bits per heavy atom. The molecule has 2 N–H and O–H groups in total. The number of carbonyl (C=O) groups is 1. The number of hydrogen-bond acceptors (Lipinski definition) is 4. The third-order valence-electron chi connectivity index (χ3n) is 3.11. The largest absolute Gasteiger partial charge is 0.497 e. The molecule has 0 bridgehead atoms. The second-order valence-electron chi connectivity index (χ2n) is 4.67. The van der Waals surface area contributed by atoms with E-state index in [0.29, 0.717) is 13.2 Å². The van der Waals surface area contributed by atoms with Crippen LogP contribution in [0.15, 0.2) is 24.3 Å². The molecule has 20 heavy (non-hydrogen) atoms. The number of carbonyl (C=O) groups excluding carboxylic acids is 1. The van der Waals surface area contributed by atoms with Crippen LogP contribution in [0.5, 0.6) is 5.75 Å². The molecule has 0 heterocycles. The third kappa shape index (κ3) is 5.19. The summed E-state index contributed by atoms with van der Waals surface area (Å²) >= 11 is 0. The van der Waals surface area contributed by atoms with E-state index in [1.165, 1.54) is 0 Å². The van der Waals surface area contributed by atoms with Crippen LogP contribution in [0, 0.1) is 0 Å². The summed E-state index contributed by atoms with van der Waals surface area (Å²) in [6, 6.07) is 7.64. The number of amides is 1. The molecule has 0 fully saturated rings. The van der Waals surface area contributed by atoms with E-state index < -0.39 is 0 Å². The fourth-order valence-electron chi connectivity index (χ4n) is 1.87. The van der Waals surface area contributed by atoms with Crippen molar-refractivity contribution in [3.05, 3.63) is 29.8 Å². The van der Waals surface area contributed by atoms with E-state index in [2.05, 4.69) is 10.6 Å². The summed E-state index contributed by atoms with van der Waals surface area (Å²) in [5, 5.41) is 6.08. The van der Waals surface area contributed by atoms with Gasteiger partial charge in [0.2, 0.25) is 5.91 Å². The van der Waals surface area contributed by atoms with Crippen molar-refractivity contribution >= 4 is 5.91 Å². The molecule has 1 rings (SSSR count). The zero-order valence-electron chi connectivity index (χ0n) is 12.6. The first-order valence-corrected chi connectivity index (χ1v) is 6.75. The Hall–Kier alpha value is -1.59. The highest BCUT2D eigenvalue weighted by Gasteiger charge is 2.15. The van der Waals surface area contributed by atoms with Gasteiger partial charge in [-0.15, -0.1) is 0 Å². The Labute approximate surface area is 120 Å². The summed E-state index contributed by atoms with van der Waals surface area (Å²) in [6.45, 7) is 4.92. The average Bonchev–Trinajstić information content (AvgIpc) is 2.47. The highest BCUT2D eigenvalue weighted by Crippen LogP contribution is 2.17. The molecule has 0 aliphatic heterocycles. The van der Waals surface area contributed by atoms with Crippen LogP contribution in [0.2, 0.25) is 0 Å². The topological polar surface area (TPSA) is 59.6 Å². The Kier molecular flexibility index (Phi) is 7.04. The van der Waals surface area contributed by atoms with Gasteiger partial charge in [0.1, 0.15) is 5.75 Å². The molecule has 0 saturated heterocycles. The van der Waals surface area contributed by atoms with Crippen LogP contribution < -0.4 is 15.4 Å². The summed E-state index contributed by atoms with van der Waals surface area (Å²) in [4.78, 5) is 11.8. The standard InChI is InChI=1S/C15H24N2O3/c1-11(13-5-7-14(20-4)8-6-13)17-12(2)15(18)16-9-10-19-3/h5-8,11-12,17H,9-10H2,1-4H3,(H,16,18)/t11-,12?/m0/s1. The number of rotatable bonds is 8. The highest BCUT2D eigenvalue weighted by atomic mass is 16.5. The summed E-state index contributed by atoms with van der Waals surface area (Å²) in [6.07, 6.45) is 0. The predicted octanol–water partition coefficient (Wildman–Crippen LogP) is 1.50. The van der Waals surface area contributed by atoms with Gasteiger partial charge in [-0.25, -0.2) is 0 Å². The van der Waals surface area contributed by atoms with Crippen molar-refractivity contribution in [3.8, 4) is 5.75 Å². The number of benzene rings is 1. The Morgan fingerprint density at radius 2 is 1.85 bits per heavy atom. The second kappa shape index (κ2) is 8.55. The first kappa shape index (κ1) is 16.5. The lowest BCUT2D eigenvalue weighted by atomic mass is 10.1. The van der Waals surface area contributed by atoms with Gasteiger partial charge in [0, 0.05) is 19.7 Å². The van der Waals surface area contributed by atoms with Crippen LogP contribution >= 0.6 is 0 Å². The van der Waals surface area contributed by atoms with Crippen LogP contribution in [0.3, 0.4) is 0 Å². The Bertz CT molecular complexity index is 406. The first-order chi connectivity index (χ1) is 9.58. The molecule has 5 nitrogen and oxygen atoms in total. The van der Waals surface area contributed by atoms with Gasteiger partial charge in [-0.1, -0.05) is 12.1 Å². The van der Waals surface area contributed by atoms with Gasteiger partial charge in [-0.3, -0.25) is 10.1 Å². The molecule has 112 valence electrons. The van der Waals surface area contributed by atoms with Gasteiger partial charge in [0.05, 0.1) is 19.8 Å². The molecule has 1 unspecified atom stereocenters. The van der Waals surface area contributed by atoms with E-state index in [0.717, 1.165) is 11.3 Å². The first-order valence-electron chi connectivity index (χ1n) is 6.75. The number of nitrogens with one attached hydrogen (secondary N) is 2. The van der Waals surface area contributed by atoms with E-state index in [1.54, 1.807) is 14.2 Å². The summed E-state index contributed by atoms with van der Waals surface area (Å²) in [7, 11) is 3.25. The summed E-state index contributed by atoms with van der Waals surface area (Å²) in [5.74, 6) is 0.800. The smallest absolute Gasteiger partial charge is 0.236 e. The van der Waals surface area contributed by atoms with Gasteiger partial charge in [-0.05, 0) is 31.5 Å². The van der Waals surface area contributed by atoms with Crippen LogP contribution in [-0.4, -0.2) is 39.3 Å². The van der Waals surface area contributed by atoms with E-state index in [9.17, 15) is 4.79 Å². The van der Waals surface area contributed by atoms with Crippen molar-refractivity contribution in [2.75, 3.05) is 27.4 Å². The lowest BCUT2D eigenvalue weighted by Gasteiger charge is -2.20. The maximum Gasteiger partial charge on any atom is 0.236 e. The normalized spacial score (nSPS) is 13.6. The SMILES string of the molecule is COCCNC(=O)C(C)N[C@@H](C)c1ccc(OC)cc1. The lowest BCUT2D eigenvalue weighted by molar-refractivity contribution is -0.123. The average molecular weight is 280 g/mol. The van der Waals surface area contributed by atoms with Crippen LogP contribution in [0.4, 0.5) is 0 Å². The minimum absolute atomic E-state index is 0.0255. The monoisotopic (exact) mass is 280 g/mol. The van der Waals surface area contributed by atoms with Crippen LogP contribution in [0.25, 0.3) is 0 Å². The molecular weight excluding hydrogens is 256 g/mol. The minimum atomic E-state index is -0.260. The number of ether oxygens (including phenoxy) is 2. The Morgan fingerprint density at radius 3 is 2.40 bits per heavy atom. The van der Waals surface area contributed by atoms with E-state index >= 15 is 0 Å². The maximum atomic E-state index is 11.8. The number of methoxy groups -OCH3 is 2. The van der Waals surface area contributed by atoms with Crippen molar-refractivity contribution < 1.29 is 14.3 Å². The third-order valence-corrected chi connectivity index (χ3v) is 3.11. The van der Waals surface area contributed by atoms with Crippen molar-refractivity contribution in [3.63, 3.8) is 0 Å². The molecule has 0 spiro atoms.